The Bertz CT molecular complexity index is 602. The molecular weight excluding hydrogens is 264 g/mol. The number of rotatable bonds is 1. The van der Waals surface area contributed by atoms with Crippen LogP contribution in [0.5, 0.6) is 0 Å². The molecule has 2 rings (SSSR count). The second kappa shape index (κ2) is 4.81. The third kappa shape index (κ3) is 2.89. The zero-order valence-corrected chi connectivity index (χ0v) is 13.0. The fourth-order valence-corrected chi connectivity index (χ4v) is 3.49. The van der Waals surface area contributed by atoms with E-state index < -0.39 is 8.07 Å². The van der Waals surface area contributed by atoms with Gasteiger partial charge in [-0.25, -0.2) is 9.97 Å². The van der Waals surface area contributed by atoms with Crippen molar-refractivity contribution in [1.29, 1.82) is 0 Å². The predicted octanol–water partition coefficient (Wildman–Crippen LogP) is 3.64. The van der Waals surface area contributed by atoms with Gasteiger partial charge in [0.25, 0.3) is 0 Å². The van der Waals surface area contributed by atoms with E-state index in [1.165, 1.54) is 0 Å². The molecule has 0 fully saturated rings. The van der Waals surface area contributed by atoms with Crippen LogP contribution in [0.4, 0.5) is 0 Å². The lowest BCUT2D eigenvalue weighted by Crippen LogP contribution is -2.16. The van der Waals surface area contributed by atoms with Gasteiger partial charge < -0.3 is 0 Å². The van der Waals surface area contributed by atoms with Gasteiger partial charge in [-0.3, -0.25) is 0 Å². The van der Waals surface area contributed by atoms with E-state index >= 15 is 0 Å². The molecule has 0 aromatic carbocycles. The molecule has 0 saturated heterocycles. The van der Waals surface area contributed by atoms with Gasteiger partial charge in [0.2, 0.25) is 0 Å². The summed E-state index contributed by atoms with van der Waals surface area (Å²) in [5.74, 6) is 3.28. The van der Waals surface area contributed by atoms with E-state index in [-0.39, 0.29) is 0 Å². The zero-order chi connectivity index (χ0) is 12.5. The minimum Gasteiger partial charge on any atom is -0.234 e. The van der Waals surface area contributed by atoms with Crippen LogP contribution < -0.4 is 0 Å². The van der Waals surface area contributed by atoms with Crippen molar-refractivity contribution in [1.82, 2.24) is 9.97 Å². The van der Waals surface area contributed by atoms with Crippen LogP contribution in [0.1, 0.15) is 5.56 Å². The fraction of sp³-hybridized carbons (Fsp3) is 0.333. The third-order valence-corrected chi connectivity index (χ3v) is 4.76. The van der Waals surface area contributed by atoms with Crippen molar-refractivity contribution >= 4 is 41.4 Å². The number of aromatic nitrogens is 2. The van der Waals surface area contributed by atoms with Gasteiger partial charge in [-0.2, -0.15) is 0 Å². The van der Waals surface area contributed by atoms with Gasteiger partial charge in [0.15, 0.2) is 0 Å². The lowest BCUT2D eigenvalue weighted by Gasteiger charge is -2.02. The molecule has 0 atom stereocenters. The molecule has 0 aliphatic heterocycles. The molecule has 0 radical (unpaired) electrons. The van der Waals surface area contributed by atoms with E-state index in [0.717, 1.165) is 20.8 Å². The minimum atomic E-state index is -1.33. The highest BCUT2D eigenvalue weighted by atomic mass is 32.2. The van der Waals surface area contributed by atoms with Crippen molar-refractivity contribution < 1.29 is 0 Å². The zero-order valence-electron chi connectivity index (χ0n) is 10.4. The number of thiophene rings is 1. The molecule has 88 valence electrons. The summed E-state index contributed by atoms with van der Waals surface area (Å²) < 4.78 is 1.15. The Hall–Kier alpha value is -0.833. The second-order valence-electron chi connectivity index (χ2n) is 4.71. The Kier molecular flexibility index (Phi) is 3.57. The van der Waals surface area contributed by atoms with E-state index in [4.69, 9.17) is 0 Å². The second-order valence-corrected chi connectivity index (χ2v) is 11.1. The molecule has 0 amide bonds. The average molecular weight is 278 g/mol. The third-order valence-electron chi connectivity index (χ3n) is 2.09. The topological polar surface area (TPSA) is 25.8 Å². The average Bonchev–Trinajstić information content (AvgIpc) is 2.68. The molecule has 5 heteroatoms. The largest absolute Gasteiger partial charge is 0.234 e. The van der Waals surface area contributed by atoms with E-state index in [0.29, 0.717) is 0 Å². The summed E-state index contributed by atoms with van der Waals surface area (Å²) in [5.41, 5.74) is 5.43. The van der Waals surface area contributed by atoms with Crippen molar-refractivity contribution in [3.05, 3.63) is 17.3 Å². The number of hydrogen-bond donors (Lipinski definition) is 0. The van der Waals surface area contributed by atoms with Gasteiger partial charge in [-0.15, -0.1) is 28.6 Å². The quantitative estimate of drug-likeness (QED) is 0.345. The molecule has 2 nitrogen and oxygen atoms in total. The summed E-state index contributed by atoms with van der Waals surface area (Å²) in [4.78, 5) is 8.62. The Morgan fingerprint density at radius 2 is 2.06 bits per heavy atom. The van der Waals surface area contributed by atoms with Gasteiger partial charge in [-0.05, 0) is 6.26 Å². The summed E-state index contributed by atoms with van der Waals surface area (Å²) in [6.45, 7) is 6.74. The molecule has 0 spiro atoms. The molecule has 0 aliphatic carbocycles. The van der Waals surface area contributed by atoms with Crippen LogP contribution in [-0.4, -0.2) is 24.3 Å². The maximum Gasteiger partial charge on any atom is 0.129 e. The Morgan fingerprint density at radius 1 is 1.29 bits per heavy atom. The van der Waals surface area contributed by atoms with Crippen molar-refractivity contribution in [3.8, 4) is 11.5 Å². The SMILES string of the molecule is CSc1ncnc2c(C#C[Si](C)(C)C)csc12. The highest BCUT2D eigenvalue weighted by molar-refractivity contribution is 7.98. The van der Waals surface area contributed by atoms with Crippen LogP contribution in [0.25, 0.3) is 10.2 Å². The van der Waals surface area contributed by atoms with E-state index in [1.54, 1.807) is 29.4 Å². The summed E-state index contributed by atoms with van der Waals surface area (Å²) in [7, 11) is -1.33. The van der Waals surface area contributed by atoms with Crippen molar-refractivity contribution in [2.75, 3.05) is 6.26 Å². The lowest BCUT2D eigenvalue weighted by atomic mass is 10.3. The summed E-state index contributed by atoms with van der Waals surface area (Å²) in [6.07, 6.45) is 3.66. The number of thioether (sulfide) groups is 1. The maximum absolute atomic E-state index is 4.35. The lowest BCUT2D eigenvalue weighted by molar-refractivity contribution is 1.11. The molecule has 0 aliphatic rings. The van der Waals surface area contributed by atoms with Crippen molar-refractivity contribution in [2.24, 2.45) is 0 Å². The van der Waals surface area contributed by atoms with Gasteiger partial charge >= 0.3 is 0 Å². The summed E-state index contributed by atoms with van der Waals surface area (Å²) in [6, 6.07) is 0. The molecular formula is C12H14N2S2Si. The smallest absolute Gasteiger partial charge is 0.129 e. The monoisotopic (exact) mass is 278 g/mol. The summed E-state index contributed by atoms with van der Waals surface area (Å²) in [5, 5.41) is 3.13. The first-order chi connectivity index (χ1) is 8.01. The van der Waals surface area contributed by atoms with Crippen molar-refractivity contribution in [3.63, 3.8) is 0 Å². The van der Waals surface area contributed by atoms with Gasteiger partial charge in [0.1, 0.15) is 24.9 Å². The summed E-state index contributed by atoms with van der Waals surface area (Å²) >= 11 is 3.34. The van der Waals surface area contributed by atoms with E-state index in [2.05, 4.69) is 46.5 Å². The predicted molar refractivity (Wildman–Crippen MR) is 79.4 cm³/mol. The molecule has 2 aromatic heterocycles. The van der Waals surface area contributed by atoms with Gasteiger partial charge in [-0.1, -0.05) is 25.6 Å². The highest BCUT2D eigenvalue weighted by Gasteiger charge is 2.10. The highest BCUT2D eigenvalue weighted by Crippen LogP contribution is 2.30. The fourth-order valence-electron chi connectivity index (χ4n) is 1.32. The first kappa shape index (κ1) is 12.6. The molecule has 2 aromatic rings. The number of nitrogens with zero attached hydrogens (tertiary/aromatic N) is 2. The van der Waals surface area contributed by atoms with E-state index in [9.17, 15) is 0 Å². The number of hydrogen-bond acceptors (Lipinski definition) is 4. The first-order valence-corrected chi connectivity index (χ1v) is 10.9. The molecule has 0 unspecified atom stereocenters. The van der Waals surface area contributed by atoms with Gasteiger partial charge in [0.05, 0.1) is 10.3 Å². The Labute approximate surface area is 111 Å². The molecule has 0 saturated carbocycles. The normalized spacial score (nSPS) is 11.3. The Morgan fingerprint density at radius 3 is 2.71 bits per heavy atom. The van der Waals surface area contributed by atoms with Crippen LogP contribution in [0.3, 0.4) is 0 Å². The van der Waals surface area contributed by atoms with Crippen LogP contribution in [0, 0.1) is 11.5 Å². The van der Waals surface area contributed by atoms with Crippen molar-refractivity contribution in [2.45, 2.75) is 24.7 Å². The Balaban J connectivity index is 2.53. The first-order valence-electron chi connectivity index (χ1n) is 5.30. The molecule has 0 bridgehead atoms. The molecule has 17 heavy (non-hydrogen) atoms. The minimum absolute atomic E-state index is 1.00. The standard InChI is InChI=1S/C12H14N2S2Si/c1-15-12-11-10(13-8-14-12)9(7-16-11)5-6-17(2,3)4/h7-8H,1-4H3. The van der Waals surface area contributed by atoms with Crippen LogP contribution in [0.15, 0.2) is 16.7 Å². The van der Waals surface area contributed by atoms with Crippen LogP contribution in [0.2, 0.25) is 19.6 Å². The van der Waals surface area contributed by atoms with Gasteiger partial charge in [0, 0.05) is 5.38 Å². The number of fused-ring (bicyclic) bond motifs is 1. The van der Waals surface area contributed by atoms with E-state index in [1.807, 2.05) is 6.26 Å². The maximum atomic E-state index is 4.35. The molecule has 2 heterocycles. The molecule has 0 N–H and O–H groups in total. The van der Waals surface area contributed by atoms with Crippen LogP contribution in [-0.2, 0) is 0 Å². The van der Waals surface area contributed by atoms with Crippen LogP contribution >= 0.6 is 23.1 Å².